The van der Waals surface area contributed by atoms with Crippen LogP contribution < -0.4 is 0 Å². The average Bonchev–Trinajstić information content (AvgIpc) is 2.88. The van der Waals surface area contributed by atoms with E-state index in [4.69, 9.17) is 28.3 Å². The zero-order valence-electron chi connectivity index (χ0n) is 12.6. The first kappa shape index (κ1) is 17.6. The molecule has 0 radical (unpaired) electrons. The molecule has 0 bridgehead atoms. The molecule has 3 rings (SSSR count). The van der Waals surface area contributed by atoms with Crippen LogP contribution in [0.25, 0.3) is 16.6 Å². The lowest BCUT2D eigenvalue weighted by atomic mass is 10.1. The van der Waals surface area contributed by atoms with Crippen LogP contribution in [0.15, 0.2) is 42.6 Å². The highest BCUT2D eigenvalue weighted by Gasteiger charge is 2.12. The SMILES string of the molecule is O=C(O)CCCc1cn(-c2ccc(Cl)c(Cl)c2)c2ccc(I)cc12. The molecule has 0 aliphatic carbocycles. The van der Waals surface area contributed by atoms with Gasteiger partial charge in [-0.3, -0.25) is 4.79 Å². The Hall–Kier alpha value is -1.24. The number of benzene rings is 2. The molecular weight excluding hydrogens is 460 g/mol. The number of aliphatic carboxylic acids is 1. The largest absolute Gasteiger partial charge is 0.481 e. The minimum absolute atomic E-state index is 0.170. The lowest BCUT2D eigenvalue weighted by Gasteiger charge is -2.07. The van der Waals surface area contributed by atoms with Gasteiger partial charge in [-0.15, -0.1) is 0 Å². The summed E-state index contributed by atoms with van der Waals surface area (Å²) in [6, 6.07) is 11.8. The lowest BCUT2D eigenvalue weighted by molar-refractivity contribution is -0.137. The molecule has 0 saturated carbocycles. The van der Waals surface area contributed by atoms with Gasteiger partial charge in [-0.05, 0) is 77.4 Å². The van der Waals surface area contributed by atoms with Crippen LogP contribution in [0.4, 0.5) is 0 Å². The minimum Gasteiger partial charge on any atom is -0.481 e. The van der Waals surface area contributed by atoms with Crippen molar-refractivity contribution in [3.05, 3.63) is 61.8 Å². The van der Waals surface area contributed by atoms with Crippen LogP contribution in [0.1, 0.15) is 18.4 Å². The number of rotatable bonds is 5. The van der Waals surface area contributed by atoms with Crippen molar-refractivity contribution < 1.29 is 9.90 Å². The number of carboxylic acids is 1. The number of hydrogen-bond donors (Lipinski definition) is 1. The van der Waals surface area contributed by atoms with Crippen LogP contribution in [-0.4, -0.2) is 15.6 Å². The summed E-state index contributed by atoms with van der Waals surface area (Å²) in [4.78, 5) is 10.8. The second kappa shape index (κ2) is 7.33. The van der Waals surface area contributed by atoms with E-state index in [0.29, 0.717) is 16.5 Å². The van der Waals surface area contributed by atoms with Crippen LogP contribution in [-0.2, 0) is 11.2 Å². The summed E-state index contributed by atoms with van der Waals surface area (Å²) in [5.41, 5.74) is 3.13. The van der Waals surface area contributed by atoms with Crippen molar-refractivity contribution in [2.24, 2.45) is 0 Å². The Labute approximate surface area is 163 Å². The van der Waals surface area contributed by atoms with Gasteiger partial charge in [0.2, 0.25) is 0 Å². The maximum absolute atomic E-state index is 10.8. The molecule has 1 N–H and O–H groups in total. The van der Waals surface area contributed by atoms with Crippen molar-refractivity contribution in [3.63, 3.8) is 0 Å². The van der Waals surface area contributed by atoms with Crippen molar-refractivity contribution >= 4 is 62.7 Å². The Morgan fingerprint density at radius 2 is 1.92 bits per heavy atom. The van der Waals surface area contributed by atoms with E-state index in [1.807, 2.05) is 12.1 Å². The number of aryl methyl sites for hydroxylation is 1. The molecule has 3 nitrogen and oxygen atoms in total. The number of carboxylic acid groups (broad SMARTS) is 1. The van der Waals surface area contributed by atoms with E-state index >= 15 is 0 Å². The van der Waals surface area contributed by atoms with Gasteiger partial charge in [-0.2, -0.15) is 0 Å². The zero-order valence-corrected chi connectivity index (χ0v) is 16.3. The Bertz CT molecular complexity index is 921. The van der Waals surface area contributed by atoms with E-state index in [1.54, 1.807) is 6.07 Å². The molecule has 0 fully saturated rings. The van der Waals surface area contributed by atoms with Crippen LogP contribution in [0.3, 0.4) is 0 Å². The normalized spacial score (nSPS) is 11.1. The summed E-state index contributed by atoms with van der Waals surface area (Å²) < 4.78 is 3.22. The summed E-state index contributed by atoms with van der Waals surface area (Å²) in [5.74, 6) is -0.766. The highest BCUT2D eigenvalue weighted by Crippen LogP contribution is 2.30. The molecule has 0 atom stereocenters. The summed E-state index contributed by atoms with van der Waals surface area (Å²) in [5, 5.41) is 11.0. The first-order chi connectivity index (χ1) is 11.5. The second-order valence-electron chi connectivity index (χ2n) is 5.53. The van der Waals surface area contributed by atoms with Crippen molar-refractivity contribution in [2.45, 2.75) is 19.3 Å². The topological polar surface area (TPSA) is 42.2 Å². The number of aromatic nitrogens is 1. The number of carbonyl (C=O) groups is 1. The Morgan fingerprint density at radius 3 is 2.62 bits per heavy atom. The Morgan fingerprint density at radius 1 is 1.12 bits per heavy atom. The average molecular weight is 474 g/mol. The molecule has 124 valence electrons. The third kappa shape index (κ3) is 3.71. The Balaban J connectivity index is 2.07. The predicted molar refractivity (Wildman–Crippen MR) is 107 cm³/mol. The molecule has 0 aliphatic rings. The molecule has 24 heavy (non-hydrogen) atoms. The molecule has 2 aromatic carbocycles. The standard InChI is InChI=1S/C18H14Cl2INO2/c19-15-6-5-13(9-16(15)20)22-10-11(2-1-3-18(23)24)14-8-12(21)4-7-17(14)22/h4-10H,1-3H2,(H,23,24). The molecule has 6 heteroatoms. The van der Waals surface area contributed by atoms with Crippen LogP contribution in [0, 0.1) is 3.57 Å². The number of nitrogens with zero attached hydrogens (tertiary/aromatic N) is 1. The summed E-state index contributed by atoms with van der Waals surface area (Å²) in [6.45, 7) is 0. The fourth-order valence-electron chi connectivity index (χ4n) is 2.75. The Kier molecular flexibility index (Phi) is 5.37. The van der Waals surface area contributed by atoms with E-state index in [-0.39, 0.29) is 6.42 Å². The predicted octanol–water partition coefficient (Wildman–Crippen LogP) is 5.95. The molecule has 3 aromatic rings. The van der Waals surface area contributed by atoms with Crippen LogP contribution >= 0.6 is 45.8 Å². The maximum Gasteiger partial charge on any atom is 0.303 e. The second-order valence-corrected chi connectivity index (χ2v) is 7.59. The summed E-state index contributed by atoms with van der Waals surface area (Å²) in [7, 11) is 0. The first-order valence-electron chi connectivity index (χ1n) is 7.42. The molecule has 0 aliphatic heterocycles. The molecule has 0 unspecified atom stereocenters. The molecule has 1 heterocycles. The highest BCUT2D eigenvalue weighted by atomic mass is 127. The zero-order chi connectivity index (χ0) is 17.3. The number of halogens is 3. The van der Waals surface area contributed by atoms with E-state index < -0.39 is 5.97 Å². The third-order valence-corrected chi connectivity index (χ3v) is 5.28. The van der Waals surface area contributed by atoms with E-state index in [2.05, 4.69) is 51.6 Å². The maximum atomic E-state index is 10.8. The summed E-state index contributed by atoms with van der Waals surface area (Å²) in [6.07, 6.45) is 3.56. The van der Waals surface area contributed by atoms with Gasteiger partial charge >= 0.3 is 5.97 Å². The van der Waals surface area contributed by atoms with Gasteiger partial charge in [0.05, 0.1) is 15.6 Å². The fourth-order valence-corrected chi connectivity index (χ4v) is 3.53. The summed E-state index contributed by atoms with van der Waals surface area (Å²) >= 11 is 14.5. The molecule has 1 aromatic heterocycles. The van der Waals surface area contributed by atoms with Gasteiger partial charge in [-0.25, -0.2) is 0 Å². The van der Waals surface area contributed by atoms with Crippen LogP contribution in [0.2, 0.25) is 10.0 Å². The minimum atomic E-state index is -0.766. The number of fused-ring (bicyclic) bond motifs is 1. The van der Waals surface area contributed by atoms with Gasteiger partial charge in [-0.1, -0.05) is 23.2 Å². The van der Waals surface area contributed by atoms with Crippen molar-refractivity contribution in [2.75, 3.05) is 0 Å². The highest BCUT2D eigenvalue weighted by molar-refractivity contribution is 14.1. The van der Waals surface area contributed by atoms with Crippen molar-refractivity contribution in [1.82, 2.24) is 4.57 Å². The lowest BCUT2D eigenvalue weighted by Crippen LogP contribution is -1.95. The smallest absolute Gasteiger partial charge is 0.303 e. The molecule has 0 saturated heterocycles. The van der Waals surface area contributed by atoms with Gasteiger partial charge in [0.15, 0.2) is 0 Å². The van der Waals surface area contributed by atoms with Gasteiger partial charge in [0.1, 0.15) is 0 Å². The van der Waals surface area contributed by atoms with Gasteiger partial charge < -0.3 is 9.67 Å². The molecule has 0 spiro atoms. The van der Waals surface area contributed by atoms with E-state index in [9.17, 15) is 4.79 Å². The van der Waals surface area contributed by atoms with E-state index in [1.165, 1.54) is 0 Å². The fraction of sp³-hybridized carbons (Fsp3) is 0.167. The van der Waals surface area contributed by atoms with E-state index in [0.717, 1.165) is 32.1 Å². The first-order valence-corrected chi connectivity index (χ1v) is 9.26. The van der Waals surface area contributed by atoms with Crippen LogP contribution in [0.5, 0.6) is 0 Å². The van der Waals surface area contributed by atoms with Gasteiger partial charge in [0, 0.05) is 27.3 Å². The van der Waals surface area contributed by atoms with Gasteiger partial charge in [0.25, 0.3) is 0 Å². The monoisotopic (exact) mass is 473 g/mol. The number of hydrogen-bond acceptors (Lipinski definition) is 1. The quantitative estimate of drug-likeness (QED) is 0.465. The van der Waals surface area contributed by atoms with Crippen molar-refractivity contribution in [1.29, 1.82) is 0 Å². The molecule has 0 amide bonds. The van der Waals surface area contributed by atoms with Crippen molar-refractivity contribution in [3.8, 4) is 5.69 Å². The molecular formula is C18H14Cl2INO2. The third-order valence-electron chi connectivity index (χ3n) is 3.87.